The Hall–Kier alpha value is -2.74. The first-order valence-electron chi connectivity index (χ1n) is 6.60. The van der Waals surface area contributed by atoms with Gasteiger partial charge < -0.3 is 13.6 Å². The van der Waals surface area contributed by atoms with E-state index in [1.807, 2.05) is 0 Å². The third kappa shape index (κ3) is 3.72. The summed E-state index contributed by atoms with van der Waals surface area (Å²) >= 11 is 0. The number of hydrogen-bond donors (Lipinski definition) is 0. The zero-order chi connectivity index (χ0) is 16.4. The van der Waals surface area contributed by atoms with E-state index in [0.29, 0.717) is 0 Å². The molecule has 0 aliphatic rings. The number of nitrogens with zero attached hydrogens (tertiary/aromatic N) is 6. The van der Waals surface area contributed by atoms with Crippen molar-refractivity contribution in [3.8, 4) is 17.6 Å². The predicted molar refractivity (Wildman–Crippen MR) is 79.1 cm³/mol. The van der Waals surface area contributed by atoms with E-state index in [4.69, 9.17) is 13.6 Å². The monoisotopic (exact) mass is 338 g/mol. The molecule has 0 bridgehead atoms. The van der Waals surface area contributed by atoms with Crippen LogP contribution in [0.4, 0.5) is 0 Å². The molecule has 23 heavy (non-hydrogen) atoms. The summed E-state index contributed by atoms with van der Waals surface area (Å²) in [5.41, 5.74) is 0. The lowest BCUT2D eigenvalue weighted by Crippen LogP contribution is -2.09. The molecule has 0 aliphatic carbocycles. The molecule has 10 nitrogen and oxygen atoms in total. The van der Waals surface area contributed by atoms with Crippen LogP contribution in [0.1, 0.15) is 0 Å². The summed E-state index contributed by atoms with van der Waals surface area (Å²) in [6.07, 6.45) is 4.92. The first kappa shape index (κ1) is 15.2. The quantitative estimate of drug-likeness (QED) is 0.629. The van der Waals surface area contributed by atoms with Gasteiger partial charge in [0.05, 0.1) is 0 Å². The Labute approximate surface area is 131 Å². The molecular weight excluding hydrogens is 323 g/mol. The highest BCUT2D eigenvalue weighted by atomic mass is 31.2. The van der Waals surface area contributed by atoms with E-state index in [1.165, 1.54) is 32.2 Å². The Morgan fingerprint density at radius 1 is 0.739 bits per heavy atom. The van der Waals surface area contributed by atoms with Crippen LogP contribution in [0.15, 0.2) is 36.8 Å². The Bertz CT molecular complexity index is 743. The van der Waals surface area contributed by atoms with Gasteiger partial charge in [-0.3, -0.25) is 14.0 Å². The first-order chi connectivity index (χ1) is 10.9. The van der Waals surface area contributed by atoms with Crippen molar-refractivity contribution in [3.05, 3.63) is 36.8 Å². The van der Waals surface area contributed by atoms with Crippen molar-refractivity contribution in [3.63, 3.8) is 0 Å². The minimum absolute atomic E-state index is 0.0997. The number of phosphoric acid groups is 1. The standard InChI is InChI=1S/C12H15N6O4P/c1-16-7-4-10(13-16)20-23(19,21-11-5-8-17(2)14-11)22-12-6-9-18(3)15-12/h4-9H,1-3H3. The maximum atomic E-state index is 12.9. The average molecular weight is 338 g/mol. The molecule has 3 heterocycles. The van der Waals surface area contributed by atoms with Gasteiger partial charge in [0.15, 0.2) is 0 Å². The second-order valence-corrected chi connectivity index (χ2v) is 6.15. The molecule has 0 aliphatic heterocycles. The van der Waals surface area contributed by atoms with E-state index < -0.39 is 7.82 Å². The molecule has 0 saturated carbocycles. The lowest BCUT2D eigenvalue weighted by atomic mass is 10.7. The van der Waals surface area contributed by atoms with E-state index >= 15 is 0 Å². The topological polar surface area (TPSA) is 98.2 Å². The van der Waals surface area contributed by atoms with Crippen LogP contribution in [0, 0.1) is 0 Å². The lowest BCUT2D eigenvalue weighted by Gasteiger charge is -2.15. The molecule has 0 saturated heterocycles. The van der Waals surface area contributed by atoms with Crippen LogP contribution in [0.2, 0.25) is 0 Å². The third-order valence-electron chi connectivity index (χ3n) is 2.68. The summed E-state index contributed by atoms with van der Waals surface area (Å²) in [6.45, 7) is 0. The van der Waals surface area contributed by atoms with Gasteiger partial charge in [-0.25, -0.2) is 0 Å². The molecule has 0 N–H and O–H groups in total. The normalized spacial score (nSPS) is 11.4. The van der Waals surface area contributed by atoms with Crippen LogP contribution < -0.4 is 13.6 Å². The van der Waals surface area contributed by atoms with Gasteiger partial charge in [-0.05, 0) is 0 Å². The summed E-state index contributed by atoms with van der Waals surface area (Å²) < 4.78 is 33.4. The van der Waals surface area contributed by atoms with Gasteiger partial charge >= 0.3 is 7.82 Å². The van der Waals surface area contributed by atoms with E-state index in [1.54, 1.807) is 39.7 Å². The minimum atomic E-state index is -4.07. The first-order valence-corrected chi connectivity index (χ1v) is 8.06. The van der Waals surface area contributed by atoms with Crippen LogP contribution in [0.5, 0.6) is 17.6 Å². The van der Waals surface area contributed by atoms with Crippen molar-refractivity contribution >= 4 is 7.82 Å². The summed E-state index contributed by atoms with van der Waals surface area (Å²) in [6, 6.07) is 4.61. The second kappa shape index (κ2) is 5.81. The van der Waals surface area contributed by atoms with Crippen LogP contribution in [0.3, 0.4) is 0 Å². The van der Waals surface area contributed by atoms with Gasteiger partial charge in [0, 0.05) is 57.9 Å². The number of aromatic nitrogens is 6. The van der Waals surface area contributed by atoms with Gasteiger partial charge in [0.1, 0.15) is 0 Å². The number of aryl methyl sites for hydroxylation is 3. The smallest absolute Gasteiger partial charge is 0.366 e. The molecule has 3 aromatic heterocycles. The second-order valence-electron chi connectivity index (χ2n) is 4.70. The van der Waals surface area contributed by atoms with E-state index in [9.17, 15) is 4.57 Å². The van der Waals surface area contributed by atoms with Gasteiger partial charge in [-0.2, -0.15) is 4.57 Å². The lowest BCUT2D eigenvalue weighted by molar-refractivity contribution is 0.284. The third-order valence-corrected chi connectivity index (χ3v) is 3.92. The van der Waals surface area contributed by atoms with E-state index in [2.05, 4.69) is 15.3 Å². The highest BCUT2D eigenvalue weighted by Gasteiger charge is 2.35. The SMILES string of the molecule is Cn1ccc(OP(=O)(Oc2ccn(C)n2)Oc2ccn(C)n2)n1. The summed E-state index contributed by atoms with van der Waals surface area (Å²) in [5.74, 6) is 0.299. The highest BCUT2D eigenvalue weighted by Crippen LogP contribution is 2.48. The largest absolute Gasteiger partial charge is 0.651 e. The molecule has 0 fully saturated rings. The predicted octanol–water partition coefficient (Wildman–Crippen LogP) is 1.53. The number of rotatable bonds is 6. The Balaban J connectivity index is 1.86. The minimum Gasteiger partial charge on any atom is -0.366 e. The molecule has 0 aromatic carbocycles. The highest BCUT2D eigenvalue weighted by molar-refractivity contribution is 7.49. The van der Waals surface area contributed by atoms with Gasteiger partial charge in [-0.1, -0.05) is 0 Å². The fraction of sp³-hybridized carbons (Fsp3) is 0.250. The molecule has 3 rings (SSSR count). The molecule has 0 unspecified atom stereocenters. The molecule has 3 aromatic rings. The van der Waals surface area contributed by atoms with Crippen LogP contribution in [0.25, 0.3) is 0 Å². The molecule has 122 valence electrons. The fourth-order valence-electron chi connectivity index (χ4n) is 1.73. The maximum Gasteiger partial charge on any atom is 0.651 e. The van der Waals surface area contributed by atoms with Gasteiger partial charge in [0.2, 0.25) is 17.6 Å². The summed E-state index contributed by atoms with van der Waals surface area (Å²) in [7, 11) is 1.04. The average Bonchev–Trinajstić information content (AvgIpc) is 3.14. The van der Waals surface area contributed by atoms with Crippen LogP contribution in [-0.2, 0) is 25.7 Å². The van der Waals surface area contributed by atoms with Gasteiger partial charge in [0.25, 0.3) is 0 Å². The van der Waals surface area contributed by atoms with Crippen molar-refractivity contribution in [2.24, 2.45) is 21.1 Å². The molecular formula is C12H15N6O4P. The zero-order valence-corrected chi connectivity index (χ0v) is 13.6. The number of phosphoric ester groups is 1. The van der Waals surface area contributed by atoms with Crippen molar-refractivity contribution in [1.29, 1.82) is 0 Å². The molecule has 11 heteroatoms. The van der Waals surface area contributed by atoms with Crippen molar-refractivity contribution < 1.29 is 18.1 Å². The van der Waals surface area contributed by atoms with Crippen molar-refractivity contribution in [1.82, 2.24) is 29.3 Å². The summed E-state index contributed by atoms with van der Waals surface area (Å²) in [5, 5.41) is 12.0. The maximum absolute atomic E-state index is 12.9. The molecule has 0 amide bonds. The van der Waals surface area contributed by atoms with Gasteiger partial charge in [-0.15, -0.1) is 15.3 Å². The Kier molecular flexibility index (Phi) is 3.83. The van der Waals surface area contributed by atoms with Crippen LogP contribution >= 0.6 is 7.82 Å². The van der Waals surface area contributed by atoms with E-state index in [0.717, 1.165) is 0 Å². The number of hydrogen-bond acceptors (Lipinski definition) is 7. The molecule has 0 radical (unpaired) electrons. The fourth-order valence-corrected chi connectivity index (χ4v) is 2.82. The summed E-state index contributed by atoms with van der Waals surface area (Å²) in [4.78, 5) is 0. The molecule has 0 atom stereocenters. The van der Waals surface area contributed by atoms with Crippen molar-refractivity contribution in [2.45, 2.75) is 0 Å². The van der Waals surface area contributed by atoms with Crippen LogP contribution in [-0.4, -0.2) is 29.3 Å². The zero-order valence-electron chi connectivity index (χ0n) is 12.7. The Morgan fingerprint density at radius 2 is 1.04 bits per heavy atom. The molecule has 0 spiro atoms. The van der Waals surface area contributed by atoms with E-state index in [-0.39, 0.29) is 17.6 Å². The Morgan fingerprint density at radius 3 is 1.26 bits per heavy atom. The van der Waals surface area contributed by atoms with Crippen molar-refractivity contribution in [2.75, 3.05) is 0 Å².